The highest BCUT2D eigenvalue weighted by molar-refractivity contribution is 5.81. The van der Waals surface area contributed by atoms with Crippen LogP contribution in [0.4, 0.5) is 4.39 Å². The van der Waals surface area contributed by atoms with E-state index in [0.29, 0.717) is 18.2 Å². The van der Waals surface area contributed by atoms with E-state index in [1.807, 2.05) is 29.2 Å². The second-order valence-electron chi connectivity index (χ2n) is 8.25. The van der Waals surface area contributed by atoms with Crippen molar-refractivity contribution < 1.29 is 9.18 Å². The van der Waals surface area contributed by atoms with Crippen molar-refractivity contribution in [1.29, 1.82) is 0 Å². The molecule has 1 amide bonds. The summed E-state index contributed by atoms with van der Waals surface area (Å²) in [6.45, 7) is 1.53. The molecule has 154 valence electrons. The SMILES string of the molecule is O=C(C1CC1)N1CC[C@@H](Cc2n[nH]c(=O)n2-c2ccc(-c3ccc(F)cc3)cc2)C1. The number of nitrogens with one attached hydrogen (secondary N) is 1. The minimum Gasteiger partial charge on any atom is -0.342 e. The molecule has 7 heteroatoms. The van der Waals surface area contributed by atoms with Crippen molar-refractivity contribution in [2.45, 2.75) is 25.7 Å². The lowest BCUT2D eigenvalue weighted by Gasteiger charge is -2.16. The van der Waals surface area contributed by atoms with Gasteiger partial charge in [-0.1, -0.05) is 24.3 Å². The molecule has 0 bridgehead atoms. The van der Waals surface area contributed by atoms with E-state index in [2.05, 4.69) is 10.2 Å². The number of rotatable bonds is 5. The largest absolute Gasteiger partial charge is 0.347 e. The van der Waals surface area contributed by atoms with E-state index in [0.717, 1.165) is 49.2 Å². The normalized spacial score (nSPS) is 18.7. The second kappa shape index (κ2) is 7.55. The van der Waals surface area contributed by atoms with Crippen molar-refractivity contribution in [3.05, 3.63) is 70.7 Å². The van der Waals surface area contributed by atoms with Crippen LogP contribution in [0, 0.1) is 17.7 Å². The highest BCUT2D eigenvalue weighted by atomic mass is 19.1. The lowest BCUT2D eigenvalue weighted by atomic mass is 10.0. The van der Waals surface area contributed by atoms with Crippen LogP contribution in [0.1, 0.15) is 25.1 Å². The van der Waals surface area contributed by atoms with Crippen molar-refractivity contribution in [2.24, 2.45) is 11.8 Å². The Kier molecular flexibility index (Phi) is 4.73. The van der Waals surface area contributed by atoms with Crippen LogP contribution in [0.3, 0.4) is 0 Å². The van der Waals surface area contributed by atoms with Gasteiger partial charge in [-0.05, 0) is 60.6 Å². The van der Waals surface area contributed by atoms with Crippen molar-refractivity contribution in [2.75, 3.05) is 13.1 Å². The lowest BCUT2D eigenvalue weighted by molar-refractivity contribution is -0.131. The fraction of sp³-hybridized carbons (Fsp3) is 0.348. The van der Waals surface area contributed by atoms with Gasteiger partial charge in [0, 0.05) is 25.4 Å². The number of nitrogens with zero attached hydrogens (tertiary/aromatic N) is 3. The first-order valence-electron chi connectivity index (χ1n) is 10.4. The van der Waals surface area contributed by atoms with Crippen LogP contribution in [-0.4, -0.2) is 38.7 Å². The molecule has 6 nitrogen and oxygen atoms in total. The molecule has 1 N–H and O–H groups in total. The van der Waals surface area contributed by atoms with Gasteiger partial charge in [-0.15, -0.1) is 0 Å². The quantitative estimate of drug-likeness (QED) is 0.708. The summed E-state index contributed by atoms with van der Waals surface area (Å²) in [4.78, 5) is 26.7. The average Bonchev–Trinajstić information content (AvgIpc) is 3.41. The molecule has 1 aliphatic heterocycles. The van der Waals surface area contributed by atoms with Gasteiger partial charge in [0.15, 0.2) is 0 Å². The molecule has 1 saturated heterocycles. The third-order valence-electron chi connectivity index (χ3n) is 6.04. The molecule has 1 aliphatic carbocycles. The Labute approximate surface area is 173 Å². The first-order chi connectivity index (χ1) is 14.6. The molecule has 2 fully saturated rings. The van der Waals surface area contributed by atoms with E-state index < -0.39 is 0 Å². The van der Waals surface area contributed by atoms with Gasteiger partial charge in [0.05, 0.1) is 5.69 Å². The average molecular weight is 406 g/mol. The minimum absolute atomic E-state index is 0.243. The lowest BCUT2D eigenvalue weighted by Crippen LogP contribution is -2.30. The molecule has 5 rings (SSSR count). The van der Waals surface area contributed by atoms with Crippen LogP contribution >= 0.6 is 0 Å². The van der Waals surface area contributed by atoms with Gasteiger partial charge in [0.25, 0.3) is 0 Å². The standard InChI is InChI=1S/C23H23FN4O2/c24-19-7-3-16(4-8-19)17-5-9-20(10-6-17)28-21(25-26-23(28)30)13-15-11-12-27(14-15)22(29)18-1-2-18/h3-10,15,18H,1-2,11-14H2,(H,26,30)/t15-/m0/s1. The summed E-state index contributed by atoms with van der Waals surface area (Å²) in [5.41, 5.74) is 2.32. The van der Waals surface area contributed by atoms with Gasteiger partial charge >= 0.3 is 5.69 Å². The second-order valence-corrected chi connectivity index (χ2v) is 8.25. The Morgan fingerprint density at radius 2 is 1.70 bits per heavy atom. The third kappa shape index (κ3) is 3.67. The predicted molar refractivity (Wildman–Crippen MR) is 111 cm³/mol. The van der Waals surface area contributed by atoms with Crippen LogP contribution in [0.15, 0.2) is 53.3 Å². The van der Waals surface area contributed by atoms with E-state index >= 15 is 0 Å². The zero-order chi connectivity index (χ0) is 20.7. The van der Waals surface area contributed by atoms with Gasteiger partial charge in [-0.3, -0.25) is 4.79 Å². The summed E-state index contributed by atoms with van der Waals surface area (Å²) < 4.78 is 14.7. The number of carbonyl (C=O) groups is 1. The Balaban J connectivity index is 1.33. The molecular formula is C23H23FN4O2. The number of benzene rings is 2. The number of aromatic nitrogens is 3. The van der Waals surface area contributed by atoms with E-state index in [1.54, 1.807) is 16.7 Å². The molecule has 2 heterocycles. The number of carbonyl (C=O) groups excluding carboxylic acids is 1. The van der Waals surface area contributed by atoms with E-state index in [4.69, 9.17) is 0 Å². The molecule has 0 radical (unpaired) electrons. The van der Waals surface area contributed by atoms with Crippen LogP contribution < -0.4 is 5.69 Å². The summed E-state index contributed by atoms with van der Waals surface area (Å²) in [6, 6.07) is 13.9. The molecule has 0 spiro atoms. The monoisotopic (exact) mass is 406 g/mol. The molecule has 1 aromatic heterocycles. The molecule has 0 unspecified atom stereocenters. The van der Waals surface area contributed by atoms with Gasteiger partial charge in [-0.2, -0.15) is 5.10 Å². The van der Waals surface area contributed by atoms with Crippen LogP contribution in [-0.2, 0) is 11.2 Å². The summed E-state index contributed by atoms with van der Waals surface area (Å²) in [5.74, 6) is 1.25. The summed E-state index contributed by atoms with van der Waals surface area (Å²) in [7, 11) is 0. The van der Waals surface area contributed by atoms with Crippen molar-refractivity contribution in [3.8, 4) is 16.8 Å². The summed E-state index contributed by atoms with van der Waals surface area (Å²) in [5, 5.41) is 6.80. The fourth-order valence-electron chi connectivity index (χ4n) is 4.22. The number of aromatic amines is 1. The fourth-order valence-corrected chi connectivity index (χ4v) is 4.22. The predicted octanol–water partition coefficient (Wildman–Crippen LogP) is 3.17. The highest BCUT2D eigenvalue weighted by Gasteiger charge is 2.36. The molecule has 30 heavy (non-hydrogen) atoms. The molecule has 2 aliphatic rings. The van der Waals surface area contributed by atoms with E-state index in [-0.39, 0.29) is 23.3 Å². The zero-order valence-electron chi connectivity index (χ0n) is 16.6. The minimum atomic E-state index is -0.275. The Hall–Kier alpha value is -3.22. The van der Waals surface area contributed by atoms with Gasteiger partial charge < -0.3 is 4.90 Å². The summed E-state index contributed by atoms with van der Waals surface area (Å²) >= 11 is 0. The van der Waals surface area contributed by atoms with Crippen LogP contribution in [0.2, 0.25) is 0 Å². The molecular weight excluding hydrogens is 383 g/mol. The topological polar surface area (TPSA) is 71.0 Å². The Morgan fingerprint density at radius 1 is 1.03 bits per heavy atom. The van der Waals surface area contributed by atoms with E-state index in [9.17, 15) is 14.0 Å². The van der Waals surface area contributed by atoms with Crippen molar-refractivity contribution in [1.82, 2.24) is 19.7 Å². The smallest absolute Gasteiger partial charge is 0.342 e. The molecule has 1 saturated carbocycles. The maximum absolute atomic E-state index is 13.1. The Bertz CT molecular complexity index is 1110. The molecule has 3 aromatic rings. The summed E-state index contributed by atoms with van der Waals surface area (Å²) in [6.07, 6.45) is 3.62. The van der Waals surface area contributed by atoms with Crippen LogP contribution in [0.25, 0.3) is 16.8 Å². The first kappa shape index (κ1) is 18.8. The first-order valence-corrected chi connectivity index (χ1v) is 10.4. The number of amides is 1. The number of hydrogen-bond donors (Lipinski definition) is 1. The van der Waals surface area contributed by atoms with Crippen molar-refractivity contribution in [3.63, 3.8) is 0 Å². The number of H-pyrrole nitrogens is 1. The molecule has 1 atom stereocenters. The van der Waals surface area contributed by atoms with E-state index in [1.165, 1.54) is 12.1 Å². The zero-order valence-corrected chi connectivity index (χ0v) is 16.6. The molecule has 2 aromatic carbocycles. The Morgan fingerprint density at radius 3 is 2.37 bits per heavy atom. The number of hydrogen-bond acceptors (Lipinski definition) is 3. The van der Waals surface area contributed by atoms with Crippen molar-refractivity contribution >= 4 is 5.91 Å². The van der Waals surface area contributed by atoms with Gasteiger partial charge in [-0.25, -0.2) is 18.9 Å². The number of halogens is 1. The van der Waals surface area contributed by atoms with Gasteiger partial charge in [0.2, 0.25) is 5.91 Å². The highest BCUT2D eigenvalue weighted by Crippen LogP contribution is 2.33. The number of likely N-dealkylation sites (tertiary alicyclic amines) is 1. The third-order valence-corrected chi connectivity index (χ3v) is 6.04. The van der Waals surface area contributed by atoms with Gasteiger partial charge in [0.1, 0.15) is 11.6 Å². The maximum atomic E-state index is 13.1. The maximum Gasteiger partial charge on any atom is 0.347 e. The van der Waals surface area contributed by atoms with Crippen LogP contribution in [0.5, 0.6) is 0 Å².